The molecule has 0 bridgehead atoms. The number of rotatable bonds is 16. The molecule has 0 amide bonds. The average molecular weight is 656 g/mol. The Hall–Kier alpha value is -1.11. The summed E-state index contributed by atoms with van der Waals surface area (Å²) in [5.41, 5.74) is 1.74. The van der Waals surface area contributed by atoms with Crippen LogP contribution < -0.4 is 9.47 Å². The van der Waals surface area contributed by atoms with Gasteiger partial charge < -0.3 is 18.9 Å². The van der Waals surface area contributed by atoms with E-state index in [4.69, 9.17) is 42.1 Å². The van der Waals surface area contributed by atoms with E-state index < -0.39 is 11.2 Å². The van der Waals surface area contributed by atoms with Crippen molar-refractivity contribution in [3.05, 3.63) is 59.7 Å². The summed E-state index contributed by atoms with van der Waals surface area (Å²) in [5, 5.41) is -0.396. The molecule has 0 fully saturated rings. The first kappa shape index (κ1) is 38.1. The maximum Gasteiger partial charge on any atom is 0.119 e. The molecular formula is C36H56Cl2O4S. The maximum atomic E-state index is 6.83. The van der Waals surface area contributed by atoms with Gasteiger partial charge in [0.2, 0.25) is 0 Å². The molecule has 2 aromatic carbocycles. The van der Waals surface area contributed by atoms with Gasteiger partial charge in [0.1, 0.15) is 24.7 Å². The van der Waals surface area contributed by atoms with Gasteiger partial charge in [-0.1, -0.05) is 65.8 Å². The number of hydrogen-bond acceptors (Lipinski definition) is 5. The number of halogens is 2. The van der Waals surface area contributed by atoms with Crippen LogP contribution in [0.1, 0.15) is 94.2 Å². The molecule has 244 valence electrons. The molecule has 0 heterocycles. The third kappa shape index (κ3) is 13.0. The highest BCUT2D eigenvalue weighted by molar-refractivity contribution is 7.99. The maximum absolute atomic E-state index is 6.83. The van der Waals surface area contributed by atoms with Crippen LogP contribution in [0.3, 0.4) is 0 Å². The molecule has 0 aliphatic rings. The Morgan fingerprint density at radius 2 is 0.860 bits per heavy atom. The molecule has 0 saturated carbocycles. The second-order valence-corrected chi connectivity index (χ2v) is 16.8. The Bertz CT molecular complexity index is 1000. The lowest BCUT2D eigenvalue weighted by Gasteiger charge is -2.35. The van der Waals surface area contributed by atoms with Crippen molar-refractivity contribution in [2.75, 3.05) is 24.7 Å². The molecule has 0 saturated heterocycles. The molecule has 0 radical (unpaired) electrons. The molecule has 4 unspecified atom stereocenters. The highest BCUT2D eigenvalue weighted by Gasteiger charge is 2.34. The number of alkyl halides is 2. The summed E-state index contributed by atoms with van der Waals surface area (Å²) in [6.45, 7) is 26.3. The lowest BCUT2D eigenvalue weighted by molar-refractivity contribution is -0.0772. The molecule has 43 heavy (non-hydrogen) atoms. The van der Waals surface area contributed by atoms with Crippen molar-refractivity contribution >= 4 is 35.0 Å². The van der Waals surface area contributed by atoms with Gasteiger partial charge in [-0.05, 0) is 87.8 Å². The molecule has 0 aromatic heterocycles. The van der Waals surface area contributed by atoms with Gasteiger partial charge in [0.05, 0.1) is 34.2 Å². The first-order chi connectivity index (χ1) is 19.7. The van der Waals surface area contributed by atoms with Gasteiger partial charge in [-0.15, -0.1) is 23.2 Å². The zero-order valence-electron chi connectivity index (χ0n) is 28.6. The second kappa shape index (κ2) is 15.9. The Labute approximate surface area is 276 Å². The quantitative estimate of drug-likeness (QED) is 0.168. The minimum Gasteiger partial charge on any atom is -0.491 e. The van der Waals surface area contributed by atoms with E-state index >= 15 is 0 Å². The van der Waals surface area contributed by atoms with Gasteiger partial charge >= 0.3 is 0 Å². The van der Waals surface area contributed by atoms with E-state index in [1.165, 1.54) is 11.1 Å². The lowest BCUT2D eigenvalue weighted by Crippen LogP contribution is -2.43. The van der Waals surface area contributed by atoms with Crippen molar-refractivity contribution in [3.63, 3.8) is 0 Å². The van der Waals surface area contributed by atoms with E-state index in [1.54, 1.807) is 11.8 Å². The number of benzene rings is 2. The third-order valence-electron chi connectivity index (χ3n) is 7.46. The van der Waals surface area contributed by atoms with Crippen LogP contribution in [0.25, 0.3) is 0 Å². The lowest BCUT2D eigenvalue weighted by atomic mass is 9.87. The molecule has 2 aromatic rings. The van der Waals surface area contributed by atoms with E-state index in [0.717, 1.165) is 11.5 Å². The molecule has 0 spiro atoms. The van der Waals surface area contributed by atoms with Gasteiger partial charge in [0, 0.05) is 11.5 Å². The Kier molecular flexibility index (Phi) is 14.1. The topological polar surface area (TPSA) is 36.9 Å². The first-order valence-electron chi connectivity index (χ1n) is 15.4. The standard InChI is InChI=1S/C36H56Cl2O4S/c1-25(21-39-29-17-13-27(14-18-29)33(3,4)5)41-35(9,10)31(37)23-43-24-32(38)36(11,12)42-26(2)22-40-30-19-15-28(16-20-30)34(6,7)8/h13-20,25-26,31-32H,21-24H2,1-12H3. The minimum absolute atomic E-state index is 0.114. The van der Waals surface area contributed by atoms with Gasteiger partial charge in [-0.3, -0.25) is 0 Å². The minimum atomic E-state index is -0.530. The smallest absolute Gasteiger partial charge is 0.119 e. The van der Waals surface area contributed by atoms with Crippen molar-refractivity contribution in [3.8, 4) is 11.5 Å². The molecular weight excluding hydrogens is 599 g/mol. The summed E-state index contributed by atoms with van der Waals surface area (Å²) in [6, 6.07) is 16.6. The van der Waals surface area contributed by atoms with Crippen molar-refractivity contribution in [1.29, 1.82) is 0 Å². The van der Waals surface area contributed by atoms with E-state index in [0.29, 0.717) is 24.7 Å². The van der Waals surface area contributed by atoms with Crippen LogP contribution in [0, 0.1) is 0 Å². The molecule has 4 atom stereocenters. The summed E-state index contributed by atoms with van der Waals surface area (Å²) < 4.78 is 24.6. The zero-order valence-corrected chi connectivity index (χ0v) is 30.9. The summed E-state index contributed by atoms with van der Waals surface area (Å²) in [5.74, 6) is 3.10. The van der Waals surface area contributed by atoms with Gasteiger partial charge in [0.25, 0.3) is 0 Å². The largest absolute Gasteiger partial charge is 0.491 e. The van der Waals surface area contributed by atoms with Gasteiger partial charge in [0.15, 0.2) is 0 Å². The van der Waals surface area contributed by atoms with Crippen LogP contribution in [0.4, 0.5) is 0 Å². The average Bonchev–Trinajstić information content (AvgIpc) is 2.89. The van der Waals surface area contributed by atoms with E-state index in [2.05, 4.69) is 65.8 Å². The summed E-state index contributed by atoms with van der Waals surface area (Å²) in [4.78, 5) is 0. The van der Waals surface area contributed by atoms with Crippen LogP contribution in [0.15, 0.2) is 48.5 Å². The van der Waals surface area contributed by atoms with E-state index in [9.17, 15) is 0 Å². The number of hydrogen-bond donors (Lipinski definition) is 0. The highest BCUT2D eigenvalue weighted by atomic mass is 35.5. The normalized spacial score (nSPS) is 16.0. The number of ether oxygens (including phenoxy) is 4. The fourth-order valence-electron chi connectivity index (χ4n) is 4.46. The molecule has 0 N–H and O–H groups in total. The zero-order chi connectivity index (χ0) is 32.6. The molecule has 7 heteroatoms. The summed E-state index contributed by atoms with van der Waals surface area (Å²) in [6.07, 6.45) is -0.228. The molecule has 0 aliphatic heterocycles. The van der Waals surface area contributed by atoms with Crippen molar-refractivity contribution in [1.82, 2.24) is 0 Å². The van der Waals surface area contributed by atoms with Crippen molar-refractivity contribution < 1.29 is 18.9 Å². The highest BCUT2D eigenvalue weighted by Crippen LogP contribution is 2.31. The van der Waals surface area contributed by atoms with Gasteiger partial charge in [-0.2, -0.15) is 11.8 Å². The van der Waals surface area contributed by atoms with Crippen LogP contribution >= 0.6 is 35.0 Å². The third-order valence-corrected chi connectivity index (χ3v) is 10.3. The molecule has 2 rings (SSSR count). The monoisotopic (exact) mass is 654 g/mol. The predicted molar refractivity (Wildman–Crippen MR) is 187 cm³/mol. The van der Waals surface area contributed by atoms with Crippen molar-refractivity contribution in [2.45, 2.75) is 128 Å². The van der Waals surface area contributed by atoms with Gasteiger partial charge in [-0.25, -0.2) is 0 Å². The Morgan fingerprint density at radius 3 is 1.14 bits per heavy atom. The van der Waals surface area contributed by atoms with Crippen LogP contribution in [-0.2, 0) is 20.3 Å². The predicted octanol–water partition coefficient (Wildman–Crippen LogP) is 10.1. The first-order valence-corrected chi connectivity index (χ1v) is 17.4. The van der Waals surface area contributed by atoms with Crippen LogP contribution in [-0.4, -0.2) is 58.9 Å². The molecule has 4 nitrogen and oxygen atoms in total. The fourth-order valence-corrected chi connectivity index (χ4v) is 6.45. The fraction of sp³-hybridized carbons (Fsp3) is 0.667. The van der Waals surface area contributed by atoms with Crippen LogP contribution in [0.5, 0.6) is 11.5 Å². The van der Waals surface area contributed by atoms with E-state index in [1.807, 2.05) is 65.8 Å². The second-order valence-electron chi connectivity index (χ2n) is 14.7. The number of thioether (sulfide) groups is 1. The Morgan fingerprint density at radius 1 is 0.558 bits per heavy atom. The van der Waals surface area contributed by atoms with Crippen molar-refractivity contribution in [2.24, 2.45) is 0 Å². The summed E-state index contributed by atoms with van der Waals surface area (Å²) in [7, 11) is 0. The Balaban J connectivity index is 1.74. The summed E-state index contributed by atoms with van der Waals surface area (Å²) >= 11 is 15.4. The van der Waals surface area contributed by atoms with Crippen LogP contribution in [0.2, 0.25) is 0 Å². The SMILES string of the molecule is CC(COc1ccc(C(C)(C)C)cc1)OC(C)(C)C(Cl)CSCC(Cl)C(C)(C)OC(C)COc1ccc(C(C)(C)C)cc1. The molecule has 0 aliphatic carbocycles. The van der Waals surface area contributed by atoms with E-state index in [-0.39, 0.29) is 33.8 Å².